The third-order valence-electron chi connectivity index (χ3n) is 6.61. The maximum atomic E-state index is 13.8. The summed E-state index contributed by atoms with van der Waals surface area (Å²) in [6, 6.07) is 23.0. The number of aliphatic hydroxyl groups is 1. The van der Waals surface area contributed by atoms with Gasteiger partial charge in [0.05, 0.1) is 25.4 Å². The zero-order valence-corrected chi connectivity index (χ0v) is 21.4. The molecule has 4 rings (SSSR count). The molecular formula is C32H30F4O2. The van der Waals surface area contributed by atoms with Crippen LogP contribution in [0.25, 0.3) is 11.1 Å². The van der Waals surface area contributed by atoms with Gasteiger partial charge in [0, 0.05) is 0 Å². The van der Waals surface area contributed by atoms with Gasteiger partial charge in [-0.05, 0) is 81.1 Å². The average molecular weight is 523 g/mol. The second kappa shape index (κ2) is 11.9. The number of ether oxygens (including phenoxy) is 1. The molecule has 1 N–H and O–H groups in total. The molecule has 0 saturated heterocycles. The van der Waals surface area contributed by atoms with Gasteiger partial charge in [0.1, 0.15) is 5.82 Å². The highest BCUT2D eigenvalue weighted by Gasteiger charge is 2.30. The molecule has 198 valence electrons. The first-order valence-corrected chi connectivity index (χ1v) is 12.5. The molecule has 0 bridgehead atoms. The minimum absolute atomic E-state index is 0.0827. The number of hydrogen-bond donors (Lipinski definition) is 1. The van der Waals surface area contributed by atoms with E-state index in [1.165, 1.54) is 24.3 Å². The Bertz CT molecular complexity index is 1340. The van der Waals surface area contributed by atoms with Crippen molar-refractivity contribution in [3.8, 4) is 11.1 Å². The average Bonchev–Trinajstić information content (AvgIpc) is 2.89. The first-order chi connectivity index (χ1) is 18.2. The first-order valence-electron chi connectivity index (χ1n) is 12.5. The Balaban J connectivity index is 1.80. The van der Waals surface area contributed by atoms with Gasteiger partial charge in [0.2, 0.25) is 0 Å². The van der Waals surface area contributed by atoms with E-state index < -0.39 is 11.7 Å². The fourth-order valence-corrected chi connectivity index (χ4v) is 4.70. The molecule has 6 heteroatoms. The van der Waals surface area contributed by atoms with Crippen LogP contribution in [0.2, 0.25) is 0 Å². The summed E-state index contributed by atoms with van der Waals surface area (Å²) < 4.78 is 59.2. The van der Waals surface area contributed by atoms with Crippen LogP contribution in [0.4, 0.5) is 17.6 Å². The van der Waals surface area contributed by atoms with E-state index in [9.17, 15) is 22.7 Å². The highest BCUT2D eigenvalue weighted by atomic mass is 19.4. The number of alkyl halides is 3. The van der Waals surface area contributed by atoms with Crippen molar-refractivity contribution in [2.24, 2.45) is 0 Å². The van der Waals surface area contributed by atoms with Gasteiger partial charge < -0.3 is 9.84 Å². The van der Waals surface area contributed by atoms with Crippen LogP contribution in [-0.4, -0.2) is 5.11 Å². The van der Waals surface area contributed by atoms with Crippen molar-refractivity contribution in [1.82, 2.24) is 0 Å². The topological polar surface area (TPSA) is 29.5 Å². The fraction of sp³-hybridized carbons (Fsp3) is 0.250. The van der Waals surface area contributed by atoms with Gasteiger partial charge in [-0.15, -0.1) is 0 Å². The number of hydrogen-bond acceptors (Lipinski definition) is 2. The lowest BCUT2D eigenvalue weighted by molar-refractivity contribution is -0.137. The van der Waals surface area contributed by atoms with Gasteiger partial charge >= 0.3 is 6.18 Å². The van der Waals surface area contributed by atoms with E-state index >= 15 is 0 Å². The van der Waals surface area contributed by atoms with Crippen LogP contribution >= 0.6 is 0 Å². The van der Waals surface area contributed by atoms with Crippen molar-refractivity contribution in [2.45, 2.75) is 52.2 Å². The van der Waals surface area contributed by atoms with Crippen LogP contribution in [-0.2, 0) is 37.2 Å². The fourth-order valence-electron chi connectivity index (χ4n) is 4.70. The summed E-state index contributed by atoms with van der Waals surface area (Å²) in [4.78, 5) is 0. The van der Waals surface area contributed by atoms with Crippen LogP contribution in [0, 0.1) is 5.82 Å². The van der Waals surface area contributed by atoms with Gasteiger partial charge in [0.25, 0.3) is 0 Å². The zero-order chi connectivity index (χ0) is 27.3. The molecule has 2 nitrogen and oxygen atoms in total. The molecule has 0 aromatic heterocycles. The summed E-state index contributed by atoms with van der Waals surface area (Å²) in [5.74, 6) is -0.297. The lowest BCUT2D eigenvalue weighted by Crippen LogP contribution is -2.10. The van der Waals surface area contributed by atoms with E-state index in [0.29, 0.717) is 24.2 Å². The van der Waals surface area contributed by atoms with Crippen LogP contribution in [0.3, 0.4) is 0 Å². The van der Waals surface area contributed by atoms with Gasteiger partial charge in [-0.1, -0.05) is 74.5 Å². The number of rotatable bonds is 9. The van der Waals surface area contributed by atoms with Crippen molar-refractivity contribution < 1.29 is 27.4 Å². The number of halogens is 4. The summed E-state index contributed by atoms with van der Waals surface area (Å²) >= 11 is 0. The van der Waals surface area contributed by atoms with Crippen molar-refractivity contribution >= 4 is 0 Å². The minimum Gasteiger partial charge on any atom is -0.392 e. The molecule has 0 spiro atoms. The van der Waals surface area contributed by atoms with E-state index in [-0.39, 0.29) is 24.9 Å². The molecule has 0 unspecified atom stereocenters. The van der Waals surface area contributed by atoms with Gasteiger partial charge in [-0.25, -0.2) is 4.39 Å². The van der Waals surface area contributed by atoms with Gasteiger partial charge in [0.15, 0.2) is 0 Å². The minimum atomic E-state index is -4.41. The molecule has 0 amide bonds. The van der Waals surface area contributed by atoms with E-state index in [1.54, 1.807) is 12.1 Å². The van der Waals surface area contributed by atoms with Gasteiger partial charge in [-0.3, -0.25) is 0 Å². The molecule has 0 aliphatic rings. The Morgan fingerprint density at radius 3 is 2.03 bits per heavy atom. The Kier molecular flexibility index (Phi) is 8.65. The molecule has 0 aliphatic heterocycles. The standard InChI is InChI=1S/C32H30F4O2/c1-21(2)28-17-25(20-38-19-23-6-4-3-5-7-23)30(18-37)31(24-10-14-27(33)15-11-24)29(28)16-22-8-12-26(13-9-22)32(34,35)36/h3-15,17,21,37H,16,18-20H2,1-2H3. The molecule has 38 heavy (non-hydrogen) atoms. The molecule has 4 aromatic rings. The second-order valence-corrected chi connectivity index (χ2v) is 9.63. The Labute approximate surface area is 220 Å². The maximum absolute atomic E-state index is 13.8. The summed E-state index contributed by atoms with van der Waals surface area (Å²) in [6.07, 6.45) is -4.05. The van der Waals surface area contributed by atoms with Crippen LogP contribution in [0.15, 0.2) is 84.9 Å². The lowest BCUT2D eigenvalue weighted by atomic mass is 9.82. The summed E-state index contributed by atoms with van der Waals surface area (Å²) in [6.45, 7) is 4.50. The van der Waals surface area contributed by atoms with Gasteiger partial charge in [-0.2, -0.15) is 13.2 Å². The first kappa shape index (κ1) is 27.6. The van der Waals surface area contributed by atoms with E-state index in [0.717, 1.165) is 45.5 Å². The number of benzene rings is 4. The SMILES string of the molecule is CC(C)c1cc(COCc2ccccc2)c(CO)c(-c2ccc(F)cc2)c1Cc1ccc(C(F)(F)F)cc1. The molecule has 0 saturated carbocycles. The Morgan fingerprint density at radius 1 is 0.789 bits per heavy atom. The smallest absolute Gasteiger partial charge is 0.392 e. The Hall–Kier alpha value is -3.48. The van der Waals surface area contributed by atoms with Crippen molar-refractivity contribution in [3.05, 3.63) is 130 Å². The summed E-state index contributed by atoms with van der Waals surface area (Å²) in [7, 11) is 0. The normalized spacial score (nSPS) is 11.8. The maximum Gasteiger partial charge on any atom is 0.416 e. The van der Waals surface area contributed by atoms with E-state index in [2.05, 4.69) is 0 Å². The zero-order valence-electron chi connectivity index (χ0n) is 21.4. The molecule has 0 heterocycles. The monoisotopic (exact) mass is 522 g/mol. The lowest BCUT2D eigenvalue weighted by Gasteiger charge is -2.24. The highest BCUT2D eigenvalue weighted by molar-refractivity contribution is 5.75. The van der Waals surface area contributed by atoms with Crippen LogP contribution < -0.4 is 0 Å². The van der Waals surface area contributed by atoms with Crippen LogP contribution in [0.5, 0.6) is 0 Å². The molecule has 0 aliphatic carbocycles. The molecule has 4 aromatic carbocycles. The predicted molar refractivity (Wildman–Crippen MR) is 141 cm³/mol. The van der Waals surface area contributed by atoms with Crippen LogP contribution in [0.1, 0.15) is 58.7 Å². The Morgan fingerprint density at radius 2 is 1.45 bits per heavy atom. The summed E-state index contributed by atoms with van der Waals surface area (Å²) in [5, 5.41) is 10.5. The van der Waals surface area contributed by atoms with E-state index in [1.807, 2.05) is 50.2 Å². The third kappa shape index (κ3) is 6.50. The molecular weight excluding hydrogens is 492 g/mol. The molecule has 0 fully saturated rings. The highest BCUT2D eigenvalue weighted by Crippen LogP contribution is 2.38. The molecule has 0 atom stereocenters. The quantitative estimate of drug-likeness (QED) is 0.224. The molecule has 0 radical (unpaired) electrons. The van der Waals surface area contributed by atoms with Crippen molar-refractivity contribution in [2.75, 3.05) is 0 Å². The second-order valence-electron chi connectivity index (χ2n) is 9.63. The predicted octanol–water partition coefficient (Wildman–Crippen LogP) is 8.43. The van der Waals surface area contributed by atoms with Crippen molar-refractivity contribution in [1.29, 1.82) is 0 Å². The number of aliphatic hydroxyl groups excluding tert-OH is 1. The largest absolute Gasteiger partial charge is 0.416 e. The van der Waals surface area contributed by atoms with Crippen molar-refractivity contribution in [3.63, 3.8) is 0 Å². The third-order valence-corrected chi connectivity index (χ3v) is 6.61. The summed E-state index contributed by atoms with van der Waals surface area (Å²) in [5.41, 5.74) is 5.90. The van der Waals surface area contributed by atoms with E-state index in [4.69, 9.17) is 4.74 Å².